The van der Waals surface area contributed by atoms with Crippen molar-refractivity contribution >= 4 is 11.8 Å². The Kier molecular flexibility index (Phi) is 8.77. The topological polar surface area (TPSA) is 79.0 Å². The first-order valence-electron chi connectivity index (χ1n) is 12.0. The summed E-state index contributed by atoms with van der Waals surface area (Å²) < 4.78 is 11.3. The van der Waals surface area contributed by atoms with E-state index in [0.29, 0.717) is 19.7 Å². The lowest BCUT2D eigenvalue weighted by molar-refractivity contribution is 0.0322. The van der Waals surface area contributed by atoms with Crippen molar-refractivity contribution in [1.82, 2.24) is 20.5 Å². The van der Waals surface area contributed by atoms with Crippen molar-refractivity contribution in [1.29, 1.82) is 0 Å². The third-order valence-electron chi connectivity index (χ3n) is 6.07. The number of hydrogen-bond acceptors (Lipinski definition) is 6. The number of rotatable bonds is 9. The fraction of sp³-hybridized carbons (Fsp3) is 0.520. The minimum absolute atomic E-state index is 0.200. The molecule has 2 aliphatic heterocycles. The smallest absolute Gasteiger partial charge is 0.315 e. The highest BCUT2D eigenvalue weighted by Gasteiger charge is 2.12. The molecule has 0 saturated carbocycles. The quantitative estimate of drug-likeness (QED) is 0.608. The van der Waals surface area contributed by atoms with Crippen molar-refractivity contribution < 1.29 is 14.3 Å². The molecule has 8 heteroatoms. The Morgan fingerprint density at radius 2 is 1.76 bits per heavy atom. The first kappa shape index (κ1) is 23.3. The molecule has 0 radical (unpaired) electrons. The van der Waals surface area contributed by atoms with Gasteiger partial charge in [-0.05, 0) is 48.6 Å². The second-order valence-electron chi connectivity index (χ2n) is 8.56. The van der Waals surface area contributed by atoms with Gasteiger partial charge < -0.3 is 25.0 Å². The maximum atomic E-state index is 12.2. The molecule has 3 heterocycles. The van der Waals surface area contributed by atoms with Gasteiger partial charge in [0.05, 0.1) is 13.2 Å². The van der Waals surface area contributed by atoms with Crippen LogP contribution in [0.25, 0.3) is 0 Å². The summed E-state index contributed by atoms with van der Waals surface area (Å²) in [5.74, 6) is 1.85. The minimum atomic E-state index is -0.200. The molecule has 0 aliphatic carbocycles. The van der Waals surface area contributed by atoms with Crippen LogP contribution < -0.4 is 20.3 Å². The van der Waals surface area contributed by atoms with Crippen molar-refractivity contribution in [3.05, 3.63) is 53.7 Å². The first-order valence-corrected chi connectivity index (χ1v) is 12.0. The van der Waals surface area contributed by atoms with Gasteiger partial charge in [-0.15, -0.1) is 0 Å². The van der Waals surface area contributed by atoms with Crippen LogP contribution in [-0.4, -0.2) is 68.5 Å². The third kappa shape index (κ3) is 7.61. The number of carbonyl (C=O) groups is 1. The van der Waals surface area contributed by atoms with Crippen LogP contribution in [0.15, 0.2) is 42.6 Å². The van der Waals surface area contributed by atoms with Crippen molar-refractivity contribution in [3.8, 4) is 5.75 Å². The van der Waals surface area contributed by atoms with Gasteiger partial charge in [0.25, 0.3) is 0 Å². The van der Waals surface area contributed by atoms with E-state index in [9.17, 15) is 4.79 Å². The number of pyridine rings is 1. The zero-order chi connectivity index (χ0) is 22.7. The van der Waals surface area contributed by atoms with Gasteiger partial charge in [0.1, 0.15) is 18.2 Å². The average Bonchev–Trinajstić information content (AvgIpc) is 2.88. The molecule has 2 aliphatic rings. The maximum absolute atomic E-state index is 12.2. The second-order valence-corrected chi connectivity index (χ2v) is 8.56. The highest BCUT2D eigenvalue weighted by Crippen LogP contribution is 2.17. The number of urea groups is 1. The number of morpholine rings is 1. The molecule has 0 atom stereocenters. The SMILES string of the molecule is O=C(NCc1ccc(N2CCCCC2)nc1)NCc1cccc(OCCN2CCOCC2)c1. The molecular formula is C25H35N5O3. The van der Waals surface area contributed by atoms with Crippen LogP contribution in [0, 0.1) is 0 Å². The van der Waals surface area contributed by atoms with Crippen molar-refractivity contribution in [3.63, 3.8) is 0 Å². The molecule has 8 nitrogen and oxygen atoms in total. The van der Waals surface area contributed by atoms with Crippen LogP contribution in [-0.2, 0) is 17.8 Å². The van der Waals surface area contributed by atoms with Gasteiger partial charge in [-0.25, -0.2) is 9.78 Å². The summed E-state index contributed by atoms with van der Waals surface area (Å²) in [5.41, 5.74) is 1.99. The summed E-state index contributed by atoms with van der Waals surface area (Å²) >= 11 is 0. The molecule has 2 amide bonds. The van der Waals surface area contributed by atoms with E-state index >= 15 is 0 Å². The van der Waals surface area contributed by atoms with Gasteiger partial charge in [0.2, 0.25) is 0 Å². The molecule has 2 fully saturated rings. The number of benzene rings is 1. The fourth-order valence-corrected chi connectivity index (χ4v) is 4.12. The van der Waals surface area contributed by atoms with E-state index in [1.54, 1.807) is 0 Å². The number of hydrogen-bond donors (Lipinski definition) is 2. The zero-order valence-electron chi connectivity index (χ0n) is 19.3. The lowest BCUT2D eigenvalue weighted by Gasteiger charge is -2.27. The predicted molar refractivity (Wildman–Crippen MR) is 129 cm³/mol. The normalized spacial score (nSPS) is 16.9. The van der Waals surface area contributed by atoms with Gasteiger partial charge in [0.15, 0.2) is 0 Å². The summed E-state index contributed by atoms with van der Waals surface area (Å²) in [6.07, 6.45) is 5.62. The van der Waals surface area contributed by atoms with Crippen LogP contribution in [0.5, 0.6) is 5.75 Å². The Labute approximate surface area is 196 Å². The van der Waals surface area contributed by atoms with E-state index in [0.717, 1.165) is 68.6 Å². The average molecular weight is 454 g/mol. The molecule has 2 aromatic rings. The Hall–Kier alpha value is -2.84. The van der Waals surface area contributed by atoms with E-state index < -0.39 is 0 Å². The van der Waals surface area contributed by atoms with Crippen LogP contribution in [0.1, 0.15) is 30.4 Å². The standard InChI is InChI=1S/C25H35N5O3/c31-25(28-20-22-7-8-24(26-19-22)30-9-2-1-3-10-30)27-18-21-5-4-6-23(17-21)33-16-13-29-11-14-32-15-12-29/h4-8,17,19H,1-3,9-16,18,20H2,(H2,27,28,31). The molecule has 0 bridgehead atoms. The van der Waals surface area contributed by atoms with Gasteiger partial charge >= 0.3 is 6.03 Å². The molecule has 2 saturated heterocycles. The molecule has 4 rings (SSSR count). The Morgan fingerprint density at radius 3 is 2.52 bits per heavy atom. The molecule has 2 N–H and O–H groups in total. The monoisotopic (exact) mass is 453 g/mol. The maximum Gasteiger partial charge on any atom is 0.315 e. The van der Waals surface area contributed by atoms with Gasteiger partial charge in [-0.1, -0.05) is 18.2 Å². The van der Waals surface area contributed by atoms with Crippen LogP contribution in [0.2, 0.25) is 0 Å². The zero-order valence-corrected chi connectivity index (χ0v) is 19.3. The highest BCUT2D eigenvalue weighted by atomic mass is 16.5. The van der Waals surface area contributed by atoms with E-state index in [-0.39, 0.29) is 6.03 Å². The number of piperidine rings is 1. The van der Waals surface area contributed by atoms with Crippen molar-refractivity contribution in [2.24, 2.45) is 0 Å². The summed E-state index contributed by atoms with van der Waals surface area (Å²) in [7, 11) is 0. The molecule has 178 valence electrons. The Morgan fingerprint density at radius 1 is 0.970 bits per heavy atom. The number of nitrogens with one attached hydrogen (secondary N) is 2. The lowest BCUT2D eigenvalue weighted by atomic mass is 10.1. The minimum Gasteiger partial charge on any atom is -0.492 e. The van der Waals surface area contributed by atoms with Crippen LogP contribution in [0.3, 0.4) is 0 Å². The first-order chi connectivity index (χ1) is 16.3. The molecule has 1 aromatic carbocycles. The lowest BCUT2D eigenvalue weighted by Crippen LogP contribution is -2.38. The molecule has 33 heavy (non-hydrogen) atoms. The second kappa shape index (κ2) is 12.4. The predicted octanol–water partition coefficient (Wildman–Crippen LogP) is 2.78. The number of carbonyl (C=O) groups excluding carboxylic acids is 1. The van der Waals surface area contributed by atoms with E-state index in [4.69, 9.17) is 9.47 Å². The Balaban J connectivity index is 1.15. The van der Waals surface area contributed by atoms with Gasteiger partial charge in [-0.3, -0.25) is 4.90 Å². The summed E-state index contributed by atoms with van der Waals surface area (Å²) in [5, 5.41) is 5.81. The fourth-order valence-electron chi connectivity index (χ4n) is 4.12. The molecular weight excluding hydrogens is 418 g/mol. The number of amides is 2. The molecule has 1 aromatic heterocycles. The number of anilines is 1. The number of aromatic nitrogens is 1. The summed E-state index contributed by atoms with van der Waals surface area (Å²) in [4.78, 5) is 21.5. The largest absolute Gasteiger partial charge is 0.492 e. The summed E-state index contributed by atoms with van der Waals surface area (Å²) in [6, 6.07) is 11.7. The van der Waals surface area contributed by atoms with E-state index in [1.165, 1.54) is 19.3 Å². The van der Waals surface area contributed by atoms with E-state index in [2.05, 4.69) is 25.4 Å². The number of ether oxygens (including phenoxy) is 2. The van der Waals surface area contributed by atoms with Crippen LogP contribution in [0.4, 0.5) is 10.6 Å². The third-order valence-corrected chi connectivity index (χ3v) is 6.07. The van der Waals surface area contributed by atoms with Gasteiger partial charge in [-0.2, -0.15) is 0 Å². The highest BCUT2D eigenvalue weighted by molar-refractivity contribution is 5.73. The Bertz CT molecular complexity index is 865. The summed E-state index contributed by atoms with van der Waals surface area (Å²) in [6.45, 7) is 8.09. The van der Waals surface area contributed by atoms with Crippen molar-refractivity contribution in [2.45, 2.75) is 32.4 Å². The molecule has 0 unspecified atom stereocenters. The van der Waals surface area contributed by atoms with Crippen molar-refractivity contribution in [2.75, 3.05) is 57.4 Å². The number of nitrogens with zero attached hydrogens (tertiary/aromatic N) is 3. The molecule has 0 spiro atoms. The van der Waals surface area contributed by atoms with E-state index in [1.807, 2.05) is 42.6 Å². The van der Waals surface area contributed by atoms with Gasteiger partial charge in [0, 0.05) is 52.0 Å². The van der Waals surface area contributed by atoms with Crippen LogP contribution >= 0.6 is 0 Å².